The van der Waals surface area contributed by atoms with E-state index in [2.05, 4.69) is 20.6 Å². The molecule has 34 heavy (non-hydrogen) atoms. The minimum Gasteiger partial charge on any atom is -0.463 e. The Morgan fingerprint density at radius 2 is 1.91 bits per heavy atom. The van der Waals surface area contributed by atoms with Gasteiger partial charge in [-0.25, -0.2) is 27.3 Å². The molecule has 0 radical (unpaired) electrons. The van der Waals surface area contributed by atoms with Crippen molar-refractivity contribution in [1.29, 1.82) is 0 Å². The first kappa shape index (κ1) is 24.2. The third-order valence-electron chi connectivity index (χ3n) is 5.71. The molecule has 2 N–H and O–H groups in total. The molecule has 2 aliphatic rings. The maximum Gasteiger partial charge on any atom is 0.338 e. The molecule has 0 amide bonds. The molecule has 2 aliphatic heterocycles. The van der Waals surface area contributed by atoms with E-state index >= 15 is 0 Å². The Kier molecular flexibility index (Phi) is 7.18. The highest BCUT2D eigenvalue weighted by molar-refractivity contribution is 6.31. The Morgan fingerprint density at radius 3 is 2.59 bits per heavy atom. The lowest BCUT2D eigenvalue weighted by Crippen LogP contribution is -2.40. The number of benzene rings is 1. The first-order valence-electron chi connectivity index (χ1n) is 10.7. The van der Waals surface area contributed by atoms with Gasteiger partial charge in [-0.05, 0) is 38.9 Å². The second-order valence-corrected chi connectivity index (χ2v) is 8.20. The van der Waals surface area contributed by atoms with Gasteiger partial charge in [0.25, 0.3) is 0 Å². The lowest BCUT2D eigenvalue weighted by molar-refractivity contribution is -0.139. The summed E-state index contributed by atoms with van der Waals surface area (Å²) in [5, 5.41) is 5.66. The summed E-state index contributed by atoms with van der Waals surface area (Å²) in [5.41, 5.74) is 0.172. The molecule has 1 aromatic heterocycles. The Balaban J connectivity index is 1.94. The van der Waals surface area contributed by atoms with Gasteiger partial charge in [-0.15, -0.1) is 0 Å². The van der Waals surface area contributed by atoms with Gasteiger partial charge in [0, 0.05) is 23.2 Å². The SMILES string of the molecule is CCOC(=O)C1=C(C2CCNCC2)NC(c2ncc(F)cc2F)=NC1c1ccc(F)c(F)c1Cl. The Morgan fingerprint density at radius 1 is 1.18 bits per heavy atom. The number of allylic oxidation sites excluding steroid dienone is 1. The van der Waals surface area contributed by atoms with E-state index in [0.29, 0.717) is 37.7 Å². The Bertz CT molecular complexity index is 1180. The standard InChI is InChI=1S/C23H21ClF4N4O2/c1-2-34-23(33)16-19(11-5-7-29-8-6-11)31-22(21-15(27)9-12(25)10-30-21)32-20(16)13-3-4-14(26)18(28)17(13)24/h3-4,9-11,20,29H,2,5-8H2,1H3,(H,31,32). The van der Waals surface area contributed by atoms with E-state index in [1.807, 2.05) is 0 Å². The highest BCUT2D eigenvalue weighted by Crippen LogP contribution is 2.40. The first-order chi connectivity index (χ1) is 16.3. The van der Waals surface area contributed by atoms with Crippen LogP contribution in [0.5, 0.6) is 0 Å². The average Bonchev–Trinajstić information content (AvgIpc) is 2.82. The van der Waals surface area contributed by atoms with Crippen molar-refractivity contribution in [3.8, 4) is 0 Å². The number of esters is 1. The molecule has 0 aliphatic carbocycles. The monoisotopic (exact) mass is 496 g/mol. The van der Waals surface area contributed by atoms with E-state index in [1.165, 1.54) is 6.07 Å². The number of aromatic nitrogens is 1. The summed E-state index contributed by atoms with van der Waals surface area (Å²) in [6.07, 6.45) is 2.10. The van der Waals surface area contributed by atoms with Gasteiger partial charge in [-0.3, -0.25) is 4.99 Å². The van der Waals surface area contributed by atoms with Crippen LogP contribution in [-0.2, 0) is 9.53 Å². The molecule has 2 aromatic rings. The zero-order valence-corrected chi connectivity index (χ0v) is 18.9. The zero-order valence-electron chi connectivity index (χ0n) is 18.1. The normalized spacial score (nSPS) is 19.0. The van der Waals surface area contributed by atoms with E-state index in [9.17, 15) is 22.4 Å². The Labute approximate surface area is 198 Å². The van der Waals surface area contributed by atoms with E-state index < -0.39 is 40.3 Å². The molecule has 6 nitrogen and oxygen atoms in total. The first-order valence-corrected chi connectivity index (χ1v) is 11.1. The smallest absolute Gasteiger partial charge is 0.338 e. The van der Waals surface area contributed by atoms with Gasteiger partial charge in [0.1, 0.15) is 17.6 Å². The van der Waals surface area contributed by atoms with Crippen LogP contribution < -0.4 is 10.6 Å². The van der Waals surface area contributed by atoms with Gasteiger partial charge in [0.05, 0.1) is 23.4 Å². The van der Waals surface area contributed by atoms with Crippen LogP contribution in [-0.4, -0.2) is 36.5 Å². The minimum atomic E-state index is -1.30. The number of rotatable bonds is 5. The number of carbonyl (C=O) groups excluding carboxylic acids is 1. The number of pyridine rings is 1. The molecular weight excluding hydrogens is 476 g/mol. The van der Waals surface area contributed by atoms with Crippen LogP contribution in [0.3, 0.4) is 0 Å². The molecule has 180 valence electrons. The van der Waals surface area contributed by atoms with Crippen LogP contribution >= 0.6 is 11.6 Å². The summed E-state index contributed by atoms with van der Waals surface area (Å²) in [4.78, 5) is 21.3. The molecule has 4 rings (SSSR count). The maximum atomic E-state index is 14.6. The molecule has 1 fully saturated rings. The van der Waals surface area contributed by atoms with Crippen LogP contribution in [0.15, 0.2) is 40.7 Å². The predicted molar refractivity (Wildman–Crippen MR) is 117 cm³/mol. The molecule has 1 saturated heterocycles. The third kappa shape index (κ3) is 4.65. The number of nitrogens with one attached hydrogen (secondary N) is 2. The summed E-state index contributed by atoms with van der Waals surface area (Å²) in [6.45, 7) is 3.02. The third-order valence-corrected chi connectivity index (χ3v) is 6.09. The summed E-state index contributed by atoms with van der Waals surface area (Å²) in [7, 11) is 0. The predicted octanol–water partition coefficient (Wildman–Crippen LogP) is 4.20. The molecule has 11 heteroatoms. The number of carbonyl (C=O) groups is 1. The molecule has 3 heterocycles. The maximum absolute atomic E-state index is 14.6. The van der Waals surface area contributed by atoms with Crippen molar-refractivity contribution in [3.05, 3.63) is 75.2 Å². The van der Waals surface area contributed by atoms with Crippen molar-refractivity contribution in [2.24, 2.45) is 10.9 Å². The van der Waals surface area contributed by atoms with Crippen molar-refractivity contribution in [1.82, 2.24) is 15.6 Å². The summed E-state index contributed by atoms with van der Waals surface area (Å²) < 4.78 is 61.5. The molecule has 0 saturated carbocycles. The van der Waals surface area contributed by atoms with Crippen molar-refractivity contribution in [2.45, 2.75) is 25.8 Å². The molecule has 1 aromatic carbocycles. The number of hydrogen-bond acceptors (Lipinski definition) is 6. The summed E-state index contributed by atoms with van der Waals surface area (Å²) in [6, 6.07) is 1.50. The summed E-state index contributed by atoms with van der Waals surface area (Å²) >= 11 is 6.13. The van der Waals surface area contributed by atoms with Crippen molar-refractivity contribution < 1.29 is 27.1 Å². The highest BCUT2D eigenvalue weighted by atomic mass is 35.5. The number of hydrogen-bond donors (Lipinski definition) is 2. The molecule has 0 bridgehead atoms. The molecule has 1 atom stereocenters. The summed E-state index contributed by atoms with van der Waals surface area (Å²) in [5.74, 6) is -5.31. The largest absolute Gasteiger partial charge is 0.463 e. The number of aliphatic imine (C=N–C) groups is 1. The number of amidine groups is 1. The second kappa shape index (κ2) is 10.1. The lowest BCUT2D eigenvalue weighted by atomic mass is 9.86. The molecule has 1 unspecified atom stereocenters. The van der Waals surface area contributed by atoms with Gasteiger partial charge in [-0.2, -0.15) is 0 Å². The fourth-order valence-corrected chi connectivity index (χ4v) is 4.37. The average molecular weight is 497 g/mol. The lowest BCUT2D eigenvalue weighted by Gasteiger charge is -2.33. The highest BCUT2D eigenvalue weighted by Gasteiger charge is 2.38. The second-order valence-electron chi connectivity index (χ2n) is 7.83. The number of halogens is 5. The molecular formula is C23H21ClF4N4O2. The van der Waals surface area contributed by atoms with Crippen molar-refractivity contribution in [2.75, 3.05) is 19.7 Å². The van der Waals surface area contributed by atoms with E-state index in [1.54, 1.807) is 6.92 Å². The van der Waals surface area contributed by atoms with Crippen LogP contribution in [0, 0.1) is 29.2 Å². The van der Waals surface area contributed by atoms with E-state index in [-0.39, 0.29) is 35.2 Å². The Hall–Kier alpha value is -2.98. The van der Waals surface area contributed by atoms with E-state index in [4.69, 9.17) is 16.3 Å². The van der Waals surface area contributed by atoms with Crippen molar-refractivity contribution >= 4 is 23.4 Å². The number of piperidine rings is 1. The van der Waals surface area contributed by atoms with Crippen LogP contribution in [0.2, 0.25) is 5.02 Å². The van der Waals surface area contributed by atoms with Crippen LogP contribution in [0.4, 0.5) is 17.6 Å². The fourth-order valence-electron chi connectivity index (χ4n) is 4.12. The fraction of sp³-hybridized carbons (Fsp3) is 0.348. The van der Waals surface area contributed by atoms with Gasteiger partial charge in [-0.1, -0.05) is 17.7 Å². The topological polar surface area (TPSA) is 75.6 Å². The number of nitrogens with zero attached hydrogens (tertiary/aromatic N) is 2. The van der Waals surface area contributed by atoms with Gasteiger partial charge in [0.15, 0.2) is 23.3 Å². The minimum absolute atomic E-state index is 0.00317. The van der Waals surface area contributed by atoms with Gasteiger partial charge in [0.2, 0.25) is 0 Å². The van der Waals surface area contributed by atoms with Gasteiger partial charge < -0.3 is 15.4 Å². The quantitative estimate of drug-likeness (QED) is 0.369. The number of ether oxygens (including phenoxy) is 1. The van der Waals surface area contributed by atoms with Crippen LogP contribution in [0.25, 0.3) is 0 Å². The zero-order chi connectivity index (χ0) is 24.4. The van der Waals surface area contributed by atoms with Crippen LogP contribution in [0.1, 0.15) is 37.1 Å². The van der Waals surface area contributed by atoms with E-state index in [0.717, 1.165) is 12.3 Å². The van der Waals surface area contributed by atoms with Gasteiger partial charge >= 0.3 is 5.97 Å². The van der Waals surface area contributed by atoms with Crippen molar-refractivity contribution in [3.63, 3.8) is 0 Å². The molecule has 0 spiro atoms.